The van der Waals surface area contributed by atoms with Gasteiger partial charge in [-0.25, -0.2) is 14.2 Å². The summed E-state index contributed by atoms with van der Waals surface area (Å²) in [5.74, 6) is 2.13. The normalized spacial score (nSPS) is 23.6. The lowest BCUT2D eigenvalue weighted by Gasteiger charge is -2.19. The van der Waals surface area contributed by atoms with E-state index in [1.54, 1.807) is 20.8 Å². The minimum atomic E-state index is -0.0582. The van der Waals surface area contributed by atoms with Gasteiger partial charge in [-0.15, -0.1) is 5.10 Å². The van der Waals surface area contributed by atoms with Crippen LogP contribution in [0.15, 0.2) is 36.0 Å². The van der Waals surface area contributed by atoms with Gasteiger partial charge in [0.05, 0.1) is 24.7 Å². The molecule has 2 aliphatic carbocycles. The monoisotopic (exact) mass is 449 g/mol. The first kappa shape index (κ1) is 20.1. The highest BCUT2D eigenvalue weighted by Crippen LogP contribution is 2.52. The lowest BCUT2D eigenvalue weighted by molar-refractivity contribution is -0.125. The van der Waals surface area contributed by atoms with Crippen molar-refractivity contribution < 1.29 is 9.53 Å². The molecule has 2 unspecified atom stereocenters. The molecule has 172 valence electrons. The number of fused-ring (bicyclic) bond motifs is 2. The van der Waals surface area contributed by atoms with Gasteiger partial charge in [-0.1, -0.05) is 6.58 Å². The Balaban J connectivity index is 1.34. The van der Waals surface area contributed by atoms with Crippen LogP contribution < -0.4 is 15.7 Å². The van der Waals surface area contributed by atoms with E-state index in [1.807, 2.05) is 30.5 Å². The summed E-state index contributed by atoms with van der Waals surface area (Å²) in [4.78, 5) is 31.9. The maximum atomic E-state index is 13.5. The molecule has 3 aromatic heterocycles. The predicted molar refractivity (Wildman–Crippen MR) is 122 cm³/mol. The fourth-order valence-corrected chi connectivity index (χ4v) is 5.35. The number of hydrogen-bond donors (Lipinski definition) is 1. The van der Waals surface area contributed by atoms with E-state index in [2.05, 4.69) is 22.0 Å². The van der Waals surface area contributed by atoms with Crippen molar-refractivity contribution in [3.63, 3.8) is 0 Å². The number of rotatable bonds is 7. The van der Waals surface area contributed by atoms with Crippen LogP contribution in [0, 0.1) is 17.8 Å². The first-order valence-electron chi connectivity index (χ1n) is 11.3. The molecule has 6 rings (SSSR count). The van der Waals surface area contributed by atoms with Crippen molar-refractivity contribution in [1.82, 2.24) is 28.6 Å². The van der Waals surface area contributed by atoms with E-state index >= 15 is 0 Å². The third kappa shape index (κ3) is 3.23. The Labute approximate surface area is 190 Å². The number of nitrogens with one attached hydrogen (secondary N) is 1. The van der Waals surface area contributed by atoms with E-state index in [0.717, 1.165) is 37.3 Å². The van der Waals surface area contributed by atoms with E-state index < -0.39 is 0 Å². The molecule has 0 aromatic carbocycles. The maximum Gasteiger partial charge on any atom is 0.334 e. The fraction of sp³-hybridized carbons (Fsp3) is 0.478. The summed E-state index contributed by atoms with van der Waals surface area (Å²) in [6, 6.07) is 0. The highest BCUT2D eigenvalue weighted by molar-refractivity contribution is 5.87. The summed E-state index contributed by atoms with van der Waals surface area (Å²) in [6.45, 7) is 5.70. The van der Waals surface area contributed by atoms with Crippen LogP contribution in [-0.2, 0) is 18.4 Å². The average molecular weight is 450 g/mol. The number of aryl methyl sites for hydroxylation is 1. The molecule has 0 radical (unpaired) electrons. The minimum Gasteiger partial charge on any atom is -0.478 e. The topological polar surface area (TPSA) is 98.7 Å². The summed E-state index contributed by atoms with van der Waals surface area (Å²) < 4.78 is 10.6. The van der Waals surface area contributed by atoms with Gasteiger partial charge in [-0.3, -0.25) is 14.0 Å². The molecule has 1 saturated heterocycles. The Morgan fingerprint density at radius 2 is 2.03 bits per heavy atom. The second-order valence-electron chi connectivity index (χ2n) is 9.38. The van der Waals surface area contributed by atoms with Gasteiger partial charge in [-0.2, -0.15) is 0 Å². The lowest BCUT2D eigenvalue weighted by Crippen LogP contribution is -2.32. The van der Waals surface area contributed by atoms with Crippen molar-refractivity contribution in [2.45, 2.75) is 25.3 Å². The van der Waals surface area contributed by atoms with Gasteiger partial charge in [0.1, 0.15) is 5.69 Å². The number of likely N-dealkylation sites (tertiary alicyclic amines) is 1. The fourth-order valence-electron chi connectivity index (χ4n) is 5.35. The van der Waals surface area contributed by atoms with E-state index in [0.29, 0.717) is 47.4 Å². The predicted octanol–water partition coefficient (Wildman–Crippen LogP) is 1.75. The Kier molecular flexibility index (Phi) is 4.40. The van der Waals surface area contributed by atoms with E-state index in [-0.39, 0.29) is 11.6 Å². The number of piperidine rings is 1. The number of aromatic nitrogens is 5. The second-order valence-corrected chi connectivity index (χ2v) is 9.38. The van der Waals surface area contributed by atoms with E-state index in [1.165, 1.54) is 6.08 Å². The molecule has 1 aliphatic heterocycles. The zero-order chi connectivity index (χ0) is 22.9. The number of carbonyl (C=O) groups is 1. The van der Waals surface area contributed by atoms with Crippen LogP contribution in [0.1, 0.15) is 24.5 Å². The van der Waals surface area contributed by atoms with Gasteiger partial charge < -0.3 is 15.0 Å². The highest BCUT2D eigenvalue weighted by Gasteiger charge is 2.56. The number of nitrogens with zero attached hydrogens (tertiary/aromatic N) is 6. The number of carbonyl (C=O) groups excluding carboxylic acids is 1. The molecule has 33 heavy (non-hydrogen) atoms. The quantitative estimate of drug-likeness (QED) is 0.552. The third-order valence-corrected chi connectivity index (χ3v) is 7.27. The van der Waals surface area contributed by atoms with Crippen LogP contribution in [0.25, 0.3) is 5.65 Å². The molecule has 2 atom stereocenters. The minimum absolute atomic E-state index is 0.0102. The third-order valence-electron chi connectivity index (χ3n) is 7.27. The second kappa shape index (κ2) is 7.23. The Bertz CT molecular complexity index is 1320. The van der Waals surface area contributed by atoms with Crippen molar-refractivity contribution in [3.05, 3.63) is 47.4 Å². The van der Waals surface area contributed by atoms with Crippen LogP contribution in [0.4, 0.5) is 11.4 Å². The summed E-state index contributed by atoms with van der Waals surface area (Å²) in [5, 5.41) is 7.70. The van der Waals surface area contributed by atoms with Gasteiger partial charge in [0.15, 0.2) is 5.65 Å². The molecule has 10 nitrogen and oxygen atoms in total. The van der Waals surface area contributed by atoms with Crippen LogP contribution >= 0.6 is 0 Å². The largest absolute Gasteiger partial charge is 0.478 e. The molecule has 3 aliphatic rings. The van der Waals surface area contributed by atoms with Gasteiger partial charge in [0, 0.05) is 45.0 Å². The molecule has 10 heteroatoms. The molecule has 1 amide bonds. The summed E-state index contributed by atoms with van der Waals surface area (Å²) in [6.07, 6.45) is 9.07. The maximum absolute atomic E-state index is 13.5. The Hall–Kier alpha value is -3.56. The molecule has 2 saturated carbocycles. The van der Waals surface area contributed by atoms with Crippen molar-refractivity contribution in [2.24, 2.45) is 24.8 Å². The van der Waals surface area contributed by atoms with Crippen LogP contribution in [0.3, 0.4) is 0 Å². The molecule has 3 fully saturated rings. The van der Waals surface area contributed by atoms with E-state index in [4.69, 9.17) is 4.74 Å². The lowest BCUT2D eigenvalue weighted by atomic mass is 10.2. The van der Waals surface area contributed by atoms with Crippen LogP contribution in [0.5, 0.6) is 5.88 Å². The number of ether oxygens (including phenoxy) is 1. The number of hydrogen-bond acceptors (Lipinski definition) is 6. The average Bonchev–Trinajstić information content (AvgIpc) is 3.57. The Morgan fingerprint density at radius 1 is 1.27 bits per heavy atom. The van der Waals surface area contributed by atoms with Crippen LogP contribution in [0.2, 0.25) is 0 Å². The summed E-state index contributed by atoms with van der Waals surface area (Å²) >= 11 is 0. The van der Waals surface area contributed by atoms with Gasteiger partial charge in [-0.05, 0) is 36.7 Å². The number of imidazole rings is 1. The van der Waals surface area contributed by atoms with E-state index in [9.17, 15) is 9.59 Å². The zero-order valence-corrected chi connectivity index (χ0v) is 18.8. The SMILES string of the molecule is C=CC(=O)N1CC2C(C1)C2Cn1cc(Nc2cn(C)nc2OC)c2ncc(C3CC3)n2c1=O. The smallest absolute Gasteiger partial charge is 0.334 e. The molecule has 4 heterocycles. The number of methoxy groups -OCH3 is 1. The Morgan fingerprint density at radius 3 is 2.70 bits per heavy atom. The van der Waals surface area contributed by atoms with Gasteiger partial charge in [0.2, 0.25) is 5.91 Å². The molecule has 0 bridgehead atoms. The molecular formula is C23H27N7O3. The first-order valence-corrected chi connectivity index (χ1v) is 11.3. The van der Waals surface area contributed by atoms with Crippen molar-refractivity contribution in [3.8, 4) is 5.88 Å². The van der Waals surface area contributed by atoms with Gasteiger partial charge >= 0.3 is 5.69 Å². The zero-order valence-electron chi connectivity index (χ0n) is 18.8. The van der Waals surface area contributed by atoms with Crippen molar-refractivity contribution in [2.75, 3.05) is 25.5 Å². The van der Waals surface area contributed by atoms with Crippen molar-refractivity contribution >= 4 is 22.9 Å². The highest BCUT2D eigenvalue weighted by atomic mass is 16.5. The number of anilines is 2. The van der Waals surface area contributed by atoms with Crippen molar-refractivity contribution in [1.29, 1.82) is 0 Å². The van der Waals surface area contributed by atoms with Crippen LogP contribution in [-0.4, -0.2) is 54.7 Å². The number of amides is 1. The summed E-state index contributed by atoms with van der Waals surface area (Å²) in [7, 11) is 3.41. The molecule has 3 aromatic rings. The first-order chi connectivity index (χ1) is 16.0. The molecular weight excluding hydrogens is 422 g/mol. The standard InChI is InChI=1S/C23H27N7O3/c1-4-20(31)28-8-14-15(9-28)16(14)10-29-12-17(25-18-11-27(2)26-22(18)33-3)21-24-7-19(13-5-6-13)30(21)23(29)32/h4,7,11-16,25H,1,5-6,8-10H2,2-3H3. The molecule has 1 N–H and O–H groups in total. The molecule has 0 spiro atoms. The van der Waals surface area contributed by atoms with Gasteiger partial charge in [0.25, 0.3) is 5.88 Å². The summed E-state index contributed by atoms with van der Waals surface area (Å²) in [5.41, 5.74) is 2.98.